The van der Waals surface area contributed by atoms with Crippen LogP contribution in [0.3, 0.4) is 0 Å². The monoisotopic (exact) mass is 683 g/mol. The molecule has 0 aromatic heterocycles. The Bertz CT molecular complexity index is 2180. The predicted molar refractivity (Wildman–Crippen MR) is 179 cm³/mol. The van der Waals surface area contributed by atoms with Gasteiger partial charge in [0.1, 0.15) is 5.75 Å². The first kappa shape index (κ1) is 29.2. The average molecular weight is 685 g/mol. The molecule has 0 saturated carbocycles. The van der Waals surface area contributed by atoms with Gasteiger partial charge in [0.15, 0.2) is 17.3 Å². The van der Waals surface area contributed by atoms with Crippen molar-refractivity contribution in [1.29, 1.82) is 0 Å². The summed E-state index contributed by atoms with van der Waals surface area (Å²) in [5, 5.41) is 13.0. The standard InChI is InChI=1S/C39H26BrNO6/c40-30-19-31(42)34-29(37(30)45)18-28-25(32(34)26-15-12-20-6-4-5-9-24(20)36(26)44)16-17-27-33(28)39(47)41(38(27)46)23-13-10-22(11-14-23)35(43)21-7-2-1-3-8-21/h1-16,19,27-28,32-33,44H,17-18H2/t27-,28+,32+,33-/m0/s1. The number of anilines is 1. The van der Waals surface area contributed by atoms with Gasteiger partial charge >= 0.3 is 0 Å². The minimum absolute atomic E-state index is 0.0121. The Morgan fingerprint density at radius 1 is 0.787 bits per heavy atom. The summed E-state index contributed by atoms with van der Waals surface area (Å²) in [7, 11) is 0. The van der Waals surface area contributed by atoms with Crippen molar-refractivity contribution >= 4 is 61.6 Å². The van der Waals surface area contributed by atoms with E-state index in [-0.39, 0.29) is 52.2 Å². The summed E-state index contributed by atoms with van der Waals surface area (Å²) < 4.78 is 0.142. The molecule has 1 N–H and O–H groups in total. The lowest BCUT2D eigenvalue weighted by Gasteiger charge is -2.42. The van der Waals surface area contributed by atoms with E-state index in [1.807, 2.05) is 36.4 Å². The Labute approximate surface area is 278 Å². The summed E-state index contributed by atoms with van der Waals surface area (Å²) >= 11 is 3.26. The summed E-state index contributed by atoms with van der Waals surface area (Å²) in [6, 6.07) is 26.3. The van der Waals surface area contributed by atoms with Crippen LogP contribution in [-0.2, 0) is 19.2 Å². The molecule has 1 aliphatic heterocycles. The zero-order valence-corrected chi connectivity index (χ0v) is 26.4. The Morgan fingerprint density at radius 2 is 1.49 bits per heavy atom. The molecule has 2 amide bonds. The van der Waals surface area contributed by atoms with Gasteiger partial charge in [-0.1, -0.05) is 78.4 Å². The number of phenolic OH excluding ortho intramolecular Hbond substituents is 1. The number of carbonyl (C=O) groups is 5. The molecule has 8 rings (SSSR count). The van der Waals surface area contributed by atoms with Crippen molar-refractivity contribution in [2.45, 2.75) is 18.8 Å². The van der Waals surface area contributed by atoms with Crippen LogP contribution < -0.4 is 4.90 Å². The second-order valence-corrected chi connectivity index (χ2v) is 13.2. The molecule has 4 aromatic carbocycles. The van der Waals surface area contributed by atoms with Gasteiger partial charge in [0, 0.05) is 45.2 Å². The molecular weight excluding hydrogens is 658 g/mol. The summed E-state index contributed by atoms with van der Waals surface area (Å²) in [6.07, 6.45) is 3.60. The lowest BCUT2D eigenvalue weighted by Crippen LogP contribution is -2.39. The number of Topliss-reactive ketones (excluding diaryl/α,β-unsaturated/α-hetero) is 1. The highest BCUT2D eigenvalue weighted by Crippen LogP contribution is 2.57. The third-order valence-corrected chi connectivity index (χ3v) is 10.6. The molecule has 3 aliphatic carbocycles. The number of aromatic hydroxyl groups is 1. The highest BCUT2D eigenvalue weighted by Gasteiger charge is 2.57. The van der Waals surface area contributed by atoms with Crippen LogP contribution in [0.4, 0.5) is 5.69 Å². The molecule has 7 nitrogen and oxygen atoms in total. The normalized spacial score (nSPS) is 23.7. The number of phenols is 1. The maximum atomic E-state index is 14.3. The van der Waals surface area contributed by atoms with Crippen molar-refractivity contribution in [3.63, 3.8) is 0 Å². The number of allylic oxidation sites excluding steroid dienone is 6. The van der Waals surface area contributed by atoms with Crippen LogP contribution in [0.2, 0.25) is 0 Å². The van der Waals surface area contributed by atoms with Gasteiger partial charge in [0.25, 0.3) is 0 Å². The number of hydrogen-bond donors (Lipinski definition) is 1. The van der Waals surface area contributed by atoms with Gasteiger partial charge in [-0.15, -0.1) is 0 Å². The number of hydrogen-bond acceptors (Lipinski definition) is 6. The molecule has 1 heterocycles. The summed E-state index contributed by atoms with van der Waals surface area (Å²) in [5.41, 5.74) is 3.18. The van der Waals surface area contributed by atoms with Crippen LogP contribution in [0.1, 0.15) is 40.2 Å². The number of benzene rings is 4. The largest absolute Gasteiger partial charge is 0.507 e. The number of rotatable bonds is 4. The number of ketones is 3. The topological polar surface area (TPSA) is 109 Å². The van der Waals surface area contributed by atoms with Crippen LogP contribution in [-0.4, -0.2) is 34.3 Å². The first-order chi connectivity index (χ1) is 22.7. The van der Waals surface area contributed by atoms with Crippen LogP contribution in [0.15, 0.2) is 124 Å². The third-order valence-electron chi connectivity index (χ3n) is 10.00. The van der Waals surface area contributed by atoms with E-state index >= 15 is 0 Å². The molecule has 4 aromatic rings. The van der Waals surface area contributed by atoms with Gasteiger partial charge in [-0.25, -0.2) is 0 Å². The van der Waals surface area contributed by atoms with Crippen molar-refractivity contribution in [2.75, 3.05) is 4.90 Å². The van der Waals surface area contributed by atoms with Gasteiger partial charge in [-0.2, -0.15) is 0 Å². The van der Waals surface area contributed by atoms with Crippen LogP contribution >= 0.6 is 15.9 Å². The van der Waals surface area contributed by atoms with E-state index in [4.69, 9.17) is 0 Å². The fraction of sp³-hybridized carbons (Fsp3) is 0.154. The highest BCUT2D eigenvalue weighted by atomic mass is 79.9. The van der Waals surface area contributed by atoms with Gasteiger partial charge in [-0.3, -0.25) is 28.9 Å². The number of halogens is 1. The quantitative estimate of drug-likeness (QED) is 0.110. The van der Waals surface area contributed by atoms with Crippen LogP contribution in [0.25, 0.3) is 10.8 Å². The van der Waals surface area contributed by atoms with Crippen molar-refractivity contribution < 1.29 is 29.1 Å². The second-order valence-electron chi connectivity index (χ2n) is 12.4. The molecule has 8 heteroatoms. The first-order valence-electron chi connectivity index (χ1n) is 15.4. The fourth-order valence-corrected chi connectivity index (χ4v) is 8.29. The van der Waals surface area contributed by atoms with E-state index in [1.54, 1.807) is 60.7 Å². The van der Waals surface area contributed by atoms with E-state index in [0.717, 1.165) is 11.0 Å². The predicted octanol–water partition coefficient (Wildman–Crippen LogP) is 6.74. The molecule has 230 valence electrons. The number of amides is 2. The number of fused-ring (bicyclic) bond motifs is 4. The fourth-order valence-electron chi connectivity index (χ4n) is 7.84. The maximum Gasteiger partial charge on any atom is 0.238 e. The van der Waals surface area contributed by atoms with E-state index in [9.17, 15) is 29.1 Å². The van der Waals surface area contributed by atoms with Crippen LogP contribution in [0.5, 0.6) is 5.75 Å². The zero-order chi connectivity index (χ0) is 32.6. The molecule has 4 aliphatic rings. The number of nitrogens with zero attached hydrogens (tertiary/aromatic N) is 1. The summed E-state index contributed by atoms with van der Waals surface area (Å²) in [4.78, 5) is 69.5. The Morgan fingerprint density at radius 3 is 2.26 bits per heavy atom. The summed E-state index contributed by atoms with van der Waals surface area (Å²) in [6.45, 7) is 0. The Balaban J connectivity index is 1.19. The first-order valence-corrected chi connectivity index (χ1v) is 16.2. The lowest BCUT2D eigenvalue weighted by molar-refractivity contribution is -0.123. The summed E-state index contributed by atoms with van der Waals surface area (Å²) in [5.74, 6) is -4.26. The Hall–Kier alpha value is -5.21. The van der Waals surface area contributed by atoms with Gasteiger partial charge in [-0.05, 0) is 64.3 Å². The van der Waals surface area contributed by atoms with E-state index in [1.165, 1.54) is 11.0 Å². The Kier molecular flexibility index (Phi) is 6.81. The van der Waals surface area contributed by atoms with Crippen molar-refractivity contribution in [1.82, 2.24) is 0 Å². The van der Waals surface area contributed by atoms with Gasteiger partial charge < -0.3 is 5.11 Å². The smallest absolute Gasteiger partial charge is 0.238 e. The van der Waals surface area contributed by atoms with E-state index in [2.05, 4.69) is 15.9 Å². The molecule has 47 heavy (non-hydrogen) atoms. The van der Waals surface area contributed by atoms with E-state index in [0.29, 0.717) is 38.9 Å². The number of imide groups is 1. The van der Waals surface area contributed by atoms with Crippen molar-refractivity contribution in [3.05, 3.63) is 141 Å². The molecule has 0 radical (unpaired) electrons. The molecule has 0 unspecified atom stereocenters. The van der Waals surface area contributed by atoms with E-state index < -0.39 is 23.7 Å². The van der Waals surface area contributed by atoms with Crippen molar-refractivity contribution in [3.8, 4) is 5.75 Å². The minimum atomic E-state index is -0.764. The average Bonchev–Trinajstić information content (AvgIpc) is 3.36. The van der Waals surface area contributed by atoms with Crippen molar-refractivity contribution in [2.24, 2.45) is 17.8 Å². The lowest BCUT2D eigenvalue weighted by atomic mass is 9.59. The van der Waals surface area contributed by atoms with Gasteiger partial charge in [0.2, 0.25) is 11.8 Å². The third kappa shape index (κ3) is 4.42. The molecule has 0 spiro atoms. The molecule has 0 bridgehead atoms. The SMILES string of the molecule is O=C1C=C(Br)C(=O)C2=C1[C@@H](c1ccc3ccccc3c1O)C1=CC[C@@H]3C(=O)N(c4ccc(C(=O)c5ccccc5)cc4)C(=O)[C@@H]3[C@@H]1C2. The van der Waals surface area contributed by atoms with Crippen LogP contribution in [0, 0.1) is 17.8 Å². The second kappa shape index (κ2) is 11.0. The van der Waals surface area contributed by atoms with Gasteiger partial charge in [0.05, 0.1) is 22.0 Å². The molecule has 4 atom stereocenters. The zero-order valence-electron chi connectivity index (χ0n) is 24.9. The molecule has 1 saturated heterocycles. The highest BCUT2D eigenvalue weighted by molar-refractivity contribution is 9.12. The molecule has 1 fully saturated rings. The molecular formula is C39H26BrNO6. The minimum Gasteiger partial charge on any atom is -0.507 e. The maximum absolute atomic E-state index is 14.3. The number of carbonyl (C=O) groups excluding carboxylic acids is 5.